The summed E-state index contributed by atoms with van der Waals surface area (Å²) in [7, 11) is 0. The lowest BCUT2D eigenvalue weighted by Crippen LogP contribution is -1.75. The van der Waals surface area contributed by atoms with Gasteiger partial charge in [-0.2, -0.15) is 4.98 Å². The van der Waals surface area contributed by atoms with Crippen LogP contribution >= 0.6 is 0 Å². The van der Waals surface area contributed by atoms with Crippen LogP contribution in [0.1, 0.15) is 5.89 Å². The van der Waals surface area contributed by atoms with Gasteiger partial charge in [-0.15, -0.1) is 0 Å². The van der Waals surface area contributed by atoms with Crippen LogP contribution in [0.15, 0.2) is 34.1 Å². The Morgan fingerprint density at radius 1 is 1.50 bits per heavy atom. The Balaban J connectivity index is 2.41. The van der Waals surface area contributed by atoms with Gasteiger partial charge in [0.15, 0.2) is 0 Å². The molecule has 0 aliphatic carbocycles. The maximum atomic E-state index is 4.86. The first kappa shape index (κ1) is 6.84. The van der Waals surface area contributed by atoms with Crippen LogP contribution in [-0.4, -0.2) is 10.1 Å². The normalized spacial score (nSPS) is 10.0. The molecule has 0 N–H and O–H groups in total. The molecular weight excluding hydrogens is 156 g/mol. The number of rotatable bonds is 2. The average molecular weight is 162 g/mol. The Morgan fingerprint density at radius 2 is 2.42 bits per heavy atom. The molecule has 2 heterocycles. The monoisotopic (exact) mass is 162 g/mol. The molecule has 0 aliphatic rings. The van der Waals surface area contributed by atoms with Crippen LogP contribution in [0.3, 0.4) is 0 Å². The molecule has 4 nitrogen and oxygen atoms in total. The van der Waals surface area contributed by atoms with Crippen molar-refractivity contribution in [3.8, 4) is 11.4 Å². The molecule has 2 aromatic rings. The van der Waals surface area contributed by atoms with Crippen LogP contribution in [0, 0.1) is 0 Å². The van der Waals surface area contributed by atoms with Crippen LogP contribution in [0.25, 0.3) is 17.5 Å². The number of hydrogen-bond acceptors (Lipinski definition) is 4. The van der Waals surface area contributed by atoms with E-state index in [1.165, 1.54) is 6.08 Å². The molecule has 0 radical (unpaired) electrons. The van der Waals surface area contributed by atoms with Gasteiger partial charge < -0.3 is 8.94 Å². The molecule has 0 bridgehead atoms. The average Bonchev–Trinajstić information content (AvgIpc) is 2.75. The minimum Gasteiger partial charge on any atom is -0.472 e. The van der Waals surface area contributed by atoms with Crippen molar-refractivity contribution in [1.82, 2.24) is 10.1 Å². The minimum absolute atomic E-state index is 0.409. The fourth-order valence-electron chi connectivity index (χ4n) is 0.827. The van der Waals surface area contributed by atoms with E-state index in [0.717, 1.165) is 5.56 Å². The van der Waals surface area contributed by atoms with E-state index in [2.05, 4.69) is 16.7 Å². The zero-order valence-electron chi connectivity index (χ0n) is 6.23. The third-order valence-electron chi connectivity index (χ3n) is 1.40. The lowest BCUT2D eigenvalue weighted by molar-refractivity contribution is 0.411. The second-order valence-electron chi connectivity index (χ2n) is 2.17. The summed E-state index contributed by atoms with van der Waals surface area (Å²) >= 11 is 0. The standard InChI is InChI=1S/C8H6N2O2/c1-2-7-9-8(10-12-7)6-3-4-11-5-6/h2-5H,1H2. The van der Waals surface area contributed by atoms with E-state index in [-0.39, 0.29) is 0 Å². The summed E-state index contributed by atoms with van der Waals surface area (Å²) in [6, 6.07) is 1.76. The molecule has 0 saturated carbocycles. The summed E-state index contributed by atoms with van der Waals surface area (Å²) in [5, 5.41) is 3.71. The summed E-state index contributed by atoms with van der Waals surface area (Å²) in [5.41, 5.74) is 0.798. The fourth-order valence-corrected chi connectivity index (χ4v) is 0.827. The topological polar surface area (TPSA) is 52.1 Å². The summed E-state index contributed by atoms with van der Waals surface area (Å²) in [5.74, 6) is 0.921. The highest BCUT2D eigenvalue weighted by atomic mass is 16.5. The van der Waals surface area contributed by atoms with E-state index >= 15 is 0 Å². The van der Waals surface area contributed by atoms with Crippen LogP contribution < -0.4 is 0 Å². The summed E-state index contributed by atoms with van der Waals surface area (Å²) in [4.78, 5) is 4.02. The van der Waals surface area contributed by atoms with Gasteiger partial charge in [-0.25, -0.2) is 0 Å². The van der Waals surface area contributed by atoms with Crippen molar-refractivity contribution in [3.05, 3.63) is 31.1 Å². The Bertz CT molecular complexity index is 375. The second-order valence-corrected chi connectivity index (χ2v) is 2.17. The first-order chi connectivity index (χ1) is 5.90. The Morgan fingerprint density at radius 3 is 3.00 bits per heavy atom. The van der Waals surface area contributed by atoms with Crippen LogP contribution in [0.4, 0.5) is 0 Å². The molecule has 0 atom stereocenters. The molecule has 0 saturated heterocycles. The van der Waals surface area contributed by atoms with Crippen molar-refractivity contribution in [2.45, 2.75) is 0 Å². The molecule has 0 unspecified atom stereocenters. The van der Waals surface area contributed by atoms with Crippen molar-refractivity contribution in [2.24, 2.45) is 0 Å². The van der Waals surface area contributed by atoms with Gasteiger partial charge in [-0.3, -0.25) is 0 Å². The first-order valence-corrected chi connectivity index (χ1v) is 3.39. The number of nitrogens with zero attached hydrogens (tertiary/aromatic N) is 2. The van der Waals surface area contributed by atoms with Gasteiger partial charge >= 0.3 is 0 Å². The van der Waals surface area contributed by atoms with E-state index < -0.39 is 0 Å². The zero-order chi connectivity index (χ0) is 8.39. The molecule has 0 spiro atoms. The Hall–Kier alpha value is -1.84. The highest BCUT2D eigenvalue weighted by Crippen LogP contribution is 2.15. The van der Waals surface area contributed by atoms with Gasteiger partial charge in [0.2, 0.25) is 11.7 Å². The summed E-state index contributed by atoms with van der Waals surface area (Å²) in [6.45, 7) is 3.51. The molecule has 0 aromatic carbocycles. The van der Waals surface area contributed by atoms with Crippen molar-refractivity contribution in [2.75, 3.05) is 0 Å². The van der Waals surface area contributed by atoms with Crippen LogP contribution in [0.5, 0.6) is 0 Å². The fraction of sp³-hybridized carbons (Fsp3) is 0. The van der Waals surface area contributed by atoms with Crippen molar-refractivity contribution >= 4 is 6.08 Å². The van der Waals surface area contributed by atoms with Crippen LogP contribution in [-0.2, 0) is 0 Å². The molecular formula is C8H6N2O2. The smallest absolute Gasteiger partial charge is 0.250 e. The molecule has 4 heteroatoms. The highest BCUT2D eigenvalue weighted by molar-refractivity contribution is 5.53. The van der Waals surface area contributed by atoms with E-state index in [1.807, 2.05) is 0 Å². The van der Waals surface area contributed by atoms with Crippen molar-refractivity contribution in [1.29, 1.82) is 0 Å². The second kappa shape index (κ2) is 2.65. The SMILES string of the molecule is C=Cc1nc(-c2ccoc2)no1. The van der Waals surface area contributed by atoms with Crippen LogP contribution in [0.2, 0.25) is 0 Å². The largest absolute Gasteiger partial charge is 0.472 e. The third-order valence-corrected chi connectivity index (χ3v) is 1.40. The van der Waals surface area contributed by atoms with Crippen molar-refractivity contribution < 1.29 is 8.94 Å². The van der Waals surface area contributed by atoms with Gasteiger partial charge in [-0.1, -0.05) is 11.7 Å². The lowest BCUT2D eigenvalue weighted by atomic mass is 10.3. The molecule has 0 aliphatic heterocycles. The van der Waals surface area contributed by atoms with Gasteiger partial charge in [0.1, 0.15) is 6.26 Å². The number of hydrogen-bond donors (Lipinski definition) is 0. The minimum atomic E-state index is 0.409. The lowest BCUT2D eigenvalue weighted by Gasteiger charge is -1.79. The molecule has 12 heavy (non-hydrogen) atoms. The quantitative estimate of drug-likeness (QED) is 0.677. The Kier molecular flexibility index (Phi) is 1.51. The highest BCUT2D eigenvalue weighted by Gasteiger charge is 2.06. The van der Waals surface area contributed by atoms with Gasteiger partial charge in [-0.05, 0) is 12.1 Å². The predicted octanol–water partition coefficient (Wildman–Crippen LogP) is 1.97. The molecule has 0 amide bonds. The number of furan rings is 1. The van der Waals surface area contributed by atoms with E-state index in [1.54, 1.807) is 18.6 Å². The predicted molar refractivity (Wildman–Crippen MR) is 42.1 cm³/mol. The van der Waals surface area contributed by atoms with Gasteiger partial charge in [0, 0.05) is 0 Å². The van der Waals surface area contributed by atoms with Gasteiger partial charge in [0.25, 0.3) is 0 Å². The first-order valence-electron chi connectivity index (χ1n) is 3.39. The molecule has 2 aromatic heterocycles. The number of aromatic nitrogens is 2. The molecule has 2 rings (SSSR count). The van der Waals surface area contributed by atoms with E-state index in [9.17, 15) is 0 Å². The summed E-state index contributed by atoms with van der Waals surface area (Å²) in [6.07, 6.45) is 4.60. The van der Waals surface area contributed by atoms with Crippen molar-refractivity contribution in [3.63, 3.8) is 0 Å². The Labute approximate surface area is 68.5 Å². The maximum absolute atomic E-state index is 4.86. The van der Waals surface area contributed by atoms with Gasteiger partial charge in [0.05, 0.1) is 11.8 Å². The summed E-state index contributed by atoms with van der Waals surface area (Å²) < 4.78 is 9.68. The third kappa shape index (κ3) is 1.03. The zero-order valence-corrected chi connectivity index (χ0v) is 6.23. The maximum Gasteiger partial charge on any atom is 0.250 e. The molecule has 60 valence electrons. The van der Waals surface area contributed by atoms with E-state index in [0.29, 0.717) is 11.7 Å². The van der Waals surface area contributed by atoms with E-state index in [4.69, 9.17) is 8.94 Å². The molecule has 0 fully saturated rings.